The van der Waals surface area contributed by atoms with Crippen LogP contribution in [0.3, 0.4) is 0 Å². The van der Waals surface area contributed by atoms with E-state index in [1.165, 1.54) is 25.1 Å². The third-order valence-corrected chi connectivity index (χ3v) is 3.41. The number of carbonyl (C=O) groups excluding carboxylic acids is 2. The SMILES string of the molecule is CCC(CC)NC(=O)COC(=O)c1cccc([N+](=O)[O-])c1C. The van der Waals surface area contributed by atoms with Gasteiger partial charge in [0.25, 0.3) is 11.6 Å². The van der Waals surface area contributed by atoms with Crippen molar-refractivity contribution in [2.24, 2.45) is 0 Å². The summed E-state index contributed by atoms with van der Waals surface area (Å²) >= 11 is 0. The van der Waals surface area contributed by atoms with Crippen molar-refractivity contribution >= 4 is 17.6 Å². The maximum atomic E-state index is 11.9. The number of esters is 1. The first-order chi connectivity index (χ1) is 10.4. The van der Waals surface area contributed by atoms with Crippen LogP contribution in [0.1, 0.15) is 42.6 Å². The second-order valence-electron chi connectivity index (χ2n) is 4.86. The normalized spacial score (nSPS) is 10.4. The number of nitrogens with one attached hydrogen (secondary N) is 1. The number of hydrogen-bond donors (Lipinski definition) is 1. The lowest BCUT2D eigenvalue weighted by atomic mass is 10.1. The Balaban J connectivity index is 2.69. The van der Waals surface area contributed by atoms with Crippen LogP contribution in [0.5, 0.6) is 0 Å². The molecule has 1 aromatic carbocycles. The maximum absolute atomic E-state index is 11.9. The number of nitro groups is 1. The molecule has 0 radical (unpaired) electrons. The van der Waals surface area contributed by atoms with E-state index in [1.54, 1.807) is 0 Å². The summed E-state index contributed by atoms with van der Waals surface area (Å²) in [6.45, 7) is 4.97. The van der Waals surface area contributed by atoms with Crippen LogP contribution in [0.15, 0.2) is 18.2 Å². The monoisotopic (exact) mass is 308 g/mol. The number of nitrogens with zero attached hydrogens (tertiary/aromatic N) is 1. The summed E-state index contributed by atoms with van der Waals surface area (Å²) in [5, 5.41) is 13.6. The van der Waals surface area contributed by atoms with Gasteiger partial charge in [-0.15, -0.1) is 0 Å². The average molecular weight is 308 g/mol. The van der Waals surface area contributed by atoms with Crippen molar-refractivity contribution < 1.29 is 19.2 Å². The molecule has 1 rings (SSSR count). The predicted octanol–water partition coefficient (Wildman–Crippen LogP) is 2.36. The molecule has 7 heteroatoms. The highest BCUT2D eigenvalue weighted by atomic mass is 16.6. The Kier molecular flexibility index (Phi) is 6.49. The molecule has 0 aliphatic heterocycles. The minimum Gasteiger partial charge on any atom is -0.452 e. The van der Waals surface area contributed by atoms with Crippen LogP contribution in [-0.4, -0.2) is 29.4 Å². The van der Waals surface area contributed by atoms with Crippen LogP contribution < -0.4 is 5.32 Å². The molecule has 0 atom stereocenters. The molecule has 7 nitrogen and oxygen atoms in total. The highest BCUT2D eigenvalue weighted by Gasteiger charge is 2.20. The molecular weight excluding hydrogens is 288 g/mol. The summed E-state index contributed by atoms with van der Waals surface area (Å²) in [6.07, 6.45) is 1.58. The van der Waals surface area contributed by atoms with E-state index in [9.17, 15) is 19.7 Å². The van der Waals surface area contributed by atoms with Gasteiger partial charge in [0.2, 0.25) is 0 Å². The first kappa shape index (κ1) is 17.6. The van der Waals surface area contributed by atoms with E-state index in [0.717, 1.165) is 12.8 Å². The van der Waals surface area contributed by atoms with Crippen LogP contribution >= 0.6 is 0 Å². The van der Waals surface area contributed by atoms with Gasteiger partial charge in [-0.2, -0.15) is 0 Å². The van der Waals surface area contributed by atoms with Crippen LogP contribution in [0.4, 0.5) is 5.69 Å². The Bertz CT molecular complexity index is 567. The summed E-state index contributed by atoms with van der Waals surface area (Å²) in [5.74, 6) is -1.13. The van der Waals surface area contributed by atoms with Gasteiger partial charge in [-0.3, -0.25) is 14.9 Å². The lowest BCUT2D eigenvalue weighted by Crippen LogP contribution is -2.36. The van der Waals surface area contributed by atoms with Crippen LogP contribution in [0, 0.1) is 17.0 Å². The molecule has 120 valence electrons. The quantitative estimate of drug-likeness (QED) is 0.473. The highest BCUT2D eigenvalue weighted by Crippen LogP contribution is 2.21. The summed E-state index contributed by atoms with van der Waals surface area (Å²) in [6, 6.07) is 4.20. The number of carbonyl (C=O) groups is 2. The number of nitro benzene ring substituents is 1. The fourth-order valence-electron chi connectivity index (χ4n) is 2.01. The first-order valence-electron chi connectivity index (χ1n) is 7.11. The molecule has 1 N–H and O–H groups in total. The van der Waals surface area contributed by atoms with Gasteiger partial charge in [0, 0.05) is 17.7 Å². The largest absolute Gasteiger partial charge is 0.452 e. The van der Waals surface area contributed by atoms with Crippen molar-refractivity contribution in [1.29, 1.82) is 0 Å². The number of benzene rings is 1. The second kappa shape index (κ2) is 8.11. The lowest BCUT2D eigenvalue weighted by Gasteiger charge is -2.14. The first-order valence-corrected chi connectivity index (χ1v) is 7.11. The smallest absolute Gasteiger partial charge is 0.339 e. The van der Waals surface area contributed by atoms with Crippen molar-refractivity contribution in [3.8, 4) is 0 Å². The zero-order valence-corrected chi connectivity index (χ0v) is 12.9. The minimum absolute atomic E-state index is 0.0470. The molecule has 1 amide bonds. The zero-order chi connectivity index (χ0) is 16.7. The van der Waals surface area contributed by atoms with E-state index in [-0.39, 0.29) is 28.8 Å². The van der Waals surface area contributed by atoms with Gasteiger partial charge in [0.05, 0.1) is 10.5 Å². The number of amides is 1. The van der Waals surface area contributed by atoms with Gasteiger partial charge < -0.3 is 10.1 Å². The van der Waals surface area contributed by atoms with Gasteiger partial charge in [-0.05, 0) is 25.8 Å². The van der Waals surface area contributed by atoms with E-state index in [4.69, 9.17) is 4.74 Å². The lowest BCUT2D eigenvalue weighted by molar-refractivity contribution is -0.385. The Morgan fingerprint density at radius 1 is 1.32 bits per heavy atom. The molecule has 0 aliphatic rings. The molecule has 0 aliphatic carbocycles. The fraction of sp³-hybridized carbons (Fsp3) is 0.467. The van der Waals surface area contributed by atoms with E-state index in [2.05, 4.69) is 5.32 Å². The second-order valence-corrected chi connectivity index (χ2v) is 4.86. The molecule has 22 heavy (non-hydrogen) atoms. The summed E-state index contributed by atoms with van der Waals surface area (Å²) in [5.41, 5.74) is 0.151. The van der Waals surface area contributed by atoms with Crippen LogP contribution in [0.25, 0.3) is 0 Å². The molecule has 0 saturated carbocycles. The van der Waals surface area contributed by atoms with Crippen molar-refractivity contribution in [3.63, 3.8) is 0 Å². The molecule has 0 fully saturated rings. The van der Waals surface area contributed by atoms with E-state index in [0.29, 0.717) is 0 Å². The van der Waals surface area contributed by atoms with E-state index in [1.807, 2.05) is 13.8 Å². The summed E-state index contributed by atoms with van der Waals surface area (Å²) in [7, 11) is 0. The molecular formula is C15H20N2O5. The maximum Gasteiger partial charge on any atom is 0.339 e. The summed E-state index contributed by atoms with van der Waals surface area (Å²) in [4.78, 5) is 33.9. The topological polar surface area (TPSA) is 98.5 Å². The molecule has 1 aromatic rings. The van der Waals surface area contributed by atoms with Crippen molar-refractivity contribution in [2.75, 3.05) is 6.61 Å². The van der Waals surface area contributed by atoms with Crippen molar-refractivity contribution in [1.82, 2.24) is 5.32 Å². The number of rotatable bonds is 7. The predicted molar refractivity (Wildman–Crippen MR) is 80.6 cm³/mol. The molecule has 0 spiro atoms. The third kappa shape index (κ3) is 4.54. The standard InChI is InChI=1S/C15H20N2O5/c1-4-11(5-2)16-14(18)9-22-15(19)12-7-6-8-13(10(12)3)17(20)21/h6-8,11H,4-5,9H2,1-3H3,(H,16,18). The van der Waals surface area contributed by atoms with Gasteiger partial charge in [0.15, 0.2) is 6.61 Å². The average Bonchev–Trinajstić information content (AvgIpc) is 2.50. The number of ether oxygens (including phenoxy) is 1. The Hall–Kier alpha value is -2.44. The van der Waals surface area contributed by atoms with Crippen molar-refractivity contribution in [3.05, 3.63) is 39.4 Å². The zero-order valence-electron chi connectivity index (χ0n) is 12.9. The molecule has 0 unspecified atom stereocenters. The minimum atomic E-state index is -0.749. The van der Waals surface area contributed by atoms with E-state index >= 15 is 0 Å². The Labute approximate surface area is 128 Å². The molecule has 0 aromatic heterocycles. The van der Waals surface area contributed by atoms with Crippen LogP contribution in [0.2, 0.25) is 0 Å². The molecule has 0 heterocycles. The third-order valence-electron chi connectivity index (χ3n) is 3.41. The molecule has 0 saturated heterocycles. The Morgan fingerprint density at radius 3 is 2.50 bits per heavy atom. The fourth-order valence-corrected chi connectivity index (χ4v) is 2.01. The number of hydrogen-bond acceptors (Lipinski definition) is 5. The van der Waals surface area contributed by atoms with E-state index < -0.39 is 17.5 Å². The Morgan fingerprint density at radius 2 is 1.95 bits per heavy atom. The summed E-state index contributed by atoms with van der Waals surface area (Å²) < 4.78 is 4.92. The van der Waals surface area contributed by atoms with Gasteiger partial charge in [-0.25, -0.2) is 4.79 Å². The van der Waals surface area contributed by atoms with Crippen LogP contribution in [-0.2, 0) is 9.53 Å². The van der Waals surface area contributed by atoms with Gasteiger partial charge in [-0.1, -0.05) is 19.9 Å². The van der Waals surface area contributed by atoms with Gasteiger partial charge >= 0.3 is 5.97 Å². The van der Waals surface area contributed by atoms with Gasteiger partial charge in [0.1, 0.15) is 0 Å². The van der Waals surface area contributed by atoms with Crippen molar-refractivity contribution in [2.45, 2.75) is 39.7 Å². The molecule has 0 bridgehead atoms. The highest BCUT2D eigenvalue weighted by molar-refractivity contribution is 5.93.